The van der Waals surface area contributed by atoms with Crippen LogP contribution in [0.3, 0.4) is 0 Å². The molecule has 0 atom stereocenters. The van der Waals surface area contributed by atoms with Crippen LogP contribution in [0.2, 0.25) is 10.0 Å². The van der Waals surface area contributed by atoms with E-state index in [0.29, 0.717) is 0 Å². The van der Waals surface area contributed by atoms with Crippen LogP contribution in [0.5, 0.6) is 0 Å². The zero-order valence-electron chi connectivity index (χ0n) is 10.8. The lowest BCUT2D eigenvalue weighted by atomic mass is 10.2. The predicted molar refractivity (Wildman–Crippen MR) is 80.6 cm³/mol. The van der Waals surface area contributed by atoms with Gasteiger partial charge in [0.2, 0.25) is 0 Å². The Labute approximate surface area is 136 Å². The maximum absolute atomic E-state index is 12.8. The monoisotopic (exact) mass is 362 g/mol. The second-order valence-corrected chi connectivity index (χ2v) is 6.55. The molecule has 2 rings (SSSR count). The Bertz CT molecular complexity index is 811. The first-order valence-electron chi connectivity index (χ1n) is 5.83. The van der Waals surface area contributed by atoms with Crippen LogP contribution in [0.1, 0.15) is 10.4 Å². The van der Waals surface area contributed by atoms with Crippen molar-refractivity contribution in [3.05, 3.63) is 63.9 Å². The highest BCUT2D eigenvalue weighted by atomic mass is 35.5. The highest BCUT2D eigenvalue weighted by molar-refractivity contribution is 7.89. The third-order valence-electron chi connectivity index (χ3n) is 2.61. The second-order valence-electron chi connectivity index (χ2n) is 4.12. The van der Waals surface area contributed by atoms with Gasteiger partial charge in [0.05, 0.1) is 10.0 Å². The molecule has 22 heavy (non-hydrogen) atoms. The zero-order chi connectivity index (χ0) is 16.3. The molecular formula is C13H9Cl2FN2O3S. The number of amides is 1. The SMILES string of the molecule is O=C(NNS(=O)(=O)c1cccc(Cl)c1Cl)c1ccc(F)cc1. The molecule has 0 fully saturated rings. The Hall–Kier alpha value is -1.67. The summed E-state index contributed by atoms with van der Waals surface area (Å²) < 4.78 is 36.9. The van der Waals surface area contributed by atoms with E-state index in [9.17, 15) is 17.6 Å². The fourth-order valence-electron chi connectivity index (χ4n) is 1.53. The number of nitrogens with one attached hydrogen (secondary N) is 2. The fraction of sp³-hybridized carbons (Fsp3) is 0. The molecule has 0 unspecified atom stereocenters. The number of sulfonamides is 1. The van der Waals surface area contributed by atoms with E-state index in [2.05, 4.69) is 0 Å². The van der Waals surface area contributed by atoms with Gasteiger partial charge in [-0.1, -0.05) is 29.3 Å². The summed E-state index contributed by atoms with van der Waals surface area (Å²) in [5.74, 6) is -1.26. The van der Waals surface area contributed by atoms with E-state index in [1.165, 1.54) is 30.3 Å². The molecule has 0 saturated heterocycles. The van der Waals surface area contributed by atoms with Crippen LogP contribution < -0.4 is 10.3 Å². The molecule has 0 radical (unpaired) electrons. The average Bonchev–Trinajstić information content (AvgIpc) is 2.48. The van der Waals surface area contributed by atoms with Gasteiger partial charge in [0.15, 0.2) is 0 Å². The van der Waals surface area contributed by atoms with E-state index >= 15 is 0 Å². The van der Waals surface area contributed by atoms with Crippen molar-refractivity contribution in [3.63, 3.8) is 0 Å². The molecule has 9 heteroatoms. The van der Waals surface area contributed by atoms with Crippen LogP contribution >= 0.6 is 23.2 Å². The van der Waals surface area contributed by atoms with Gasteiger partial charge in [-0.05, 0) is 36.4 Å². The predicted octanol–water partition coefficient (Wildman–Crippen LogP) is 2.76. The fourth-order valence-corrected chi connectivity index (χ4v) is 3.14. The third kappa shape index (κ3) is 3.75. The van der Waals surface area contributed by atoms with E-state index in [-0.39, 0.29) is 20.5 Å². The highest BCUT2D eigenvalue weighted by Crippen LogP contribution is 2.28. The first-order valence-corrected chi connectivity index (χ1v) is 8.07. The molecule has 2 aromatic rings. The van der Waals surface area contributed by atoms with E-state index in [4.69, 9.17) is 23.2 Å². The van der Waals surface area contributed by atoms with Crippen LogP contribution in [-0.4, -0.2) is 14.3 Å². The van der Waals surface area contributed by atoms with Gasteiger partial charge >= 0.3 is 0 Å². The molecule has 0 bridgehead atoms. The molecular weight excluding hydrogens is 354 g/mol. The quantitative estimate of drug-likeness (QED) is 0.821. The number of hydrogen-bond acceptors (Lipinski definition) is 3. The first kappa shape index (κ1) is 16.7. The van der Waals surface area contributed by atoms with Gasteiger partial charge < -0.3 is 0 Å². The van der Waals surface area contributed by atoms with Gasteiger partial charge in [-0.15, -0.1) is 4.83 Å². The van der Waals surface area contributed by atoms with Gasteiger partial charge in [0, 0.05) is 5.56 Å². The summed E-state index contributed by atoms with van der Waals surface area (Å²) in [6.45, 7) is 0. The van der Waals surface area contributed by atoms with Crippen molar-refractivity contribution in [2.45, 2.75) is 4.90 Å². The molecule has 0 aliphatic carbocycles. The molecule has 0 saturated carbocycles. The molecule has 0 heterocycles. The zero-order valence-corrected chi connectivity index (χ0v) is 13.1. The van der Waals surface area contributed by atoms with E-state index in [1.54, 1.807) is 0 Å². The Morgan fingerprint density at radius 2 is 1.68 bits per heavy atom. The minimum Gasteiger partial charge on any atom is -0.273 e. The van der Waals surface area contributed by atoms with Crippen molar-refractivity contribution in [3.8, 4) is 0 Å². The number of carbonyl (C=O) groups is 1. The maximum atomic E-state index is 12.8. The van der Waals surface area contributed by atoms with Gasteiger partial charge in [0.1, 0.15) is 10.7 Å². The van der Waals surface area contributed by atoms with E-state index in [1.807, 2.05) is 10.3 Å². The van der Waals surface area contributed by atoms with Crippen molar-refractivity contribution in [2.75, 3.05) is 0 Å². The molecule has 0 aliphatic heterocycles. The molecule has 0 aromatic heterocycles. The minimum atomic E-state index is -4.10. The van der Waals surface area contributed by atoms with Crippen molar-refractivity contribution in [1.82, 2.24) is 10.3 Å². The largest absolute Gasteiger partial charge is 0.273 e. The summed E-state index contributed by atoms with van der Waals surface area (Å²) in [4.78, 5) is 13.4. The van der Waals surface area contributed by atoms with Gasteiger partial charge in [-0.25, -0.2) is 12.8 Å². The highest BCUT2D eigenvalue weighted by Gasteiger charge is 2.20. The molecule has 1 amide bonds. The number of hydrazine groups is 1. The van der Waals surface area contributed by atoms with Gasteiger partial charge in [-0.3, -0.25) is 10.2 Å². The smallest absolute Gasteiger partial charge is 0.266 e. The molecule has 5 nitrogen and oxygen atoms in total. The maximum Gasteiger partial charge on any atom is 0.266 e. The summed E-state index contributed by atoms with van der Waals surface area (Å²) in [5.41, 5.74) is 2.09. The van der Waals surface area contributed by atoms with Crippen LogP contribution in [0.15, 0.2) is 47.4 Å². The van der Waals surface area contributed by atoms with Crippen molar-refractivity contribution >= 4 is 39.1 Å². The summed E-state index contributed by atoms with van der Waals surface area (Å²) in [5, 5.41) is -0.0953. The molecule has 2 N–H and O–H groups in total. The first-order chi connectivity index (χ1) is 10.3. The number of halogens is 3. The average molecular weight is 363 g/mol. The number of rotatable bonds is 4. The normalized spacial score (nSPS) is 11.2. The minimum absolute atomic E-state index is 0.0643. The molecule has 2 aromatic carbocycles. The Kier molecular flexibility index (Phi) is 5.02. The standard InChI is InChI=1S/C13H9Cl2FN2O3S/c14-10-2-1-3-11(12(10)15)22(20,21)18-17-13(19)8-4-6-9(16)7-5-8/h1-7,18H,(H,17,19). The van der Waals surface area contributed by atoms with Crippen molar-refractivity contribution in [2.24, 2.45) is 0 Å². The Morgan fingerprint density at radius 3 is 2.32 bits per heavy atom. The lowest BCUT2D eigenvalue weighted by molar-refractivity contribution is 0.0945. The lowest BCUT2D eigenvalue weighted by Gasteiger charge is -2.10. The number of carbonyl (C=O) groups excluding carboxylic acids is 1. The third-order valence-corrected chi connectivity index (χ3v) is 4.83. The summed E-state index contributed by atoms with van der Waals surface area (Å²) in [7, 11) is -4.10. The topological polar surface area (TPSA) is 75.3 Å². The molecule has 0 spiro atoms. The lowest BCUT2D eigenvalue weighted by Crippen LogP contribution is -2.41. The molecule has 0 aliphatic rings. The Balaban J connectivity index is 2.14. The van der Waals surface area contributed by atoms with Crippen LogP contribution in [0.4, 0.5) is 4.39 Å². The summed E-state index contributed by atoms with van der Waals surface area (Å²) in [6.07, 6.45) is 0. The van der Waals surface area contributed by atoms with Crippen LogP contribution in [0.25, 0.3) is 0 Å². The molecule has 116 valence electrons. The second kappa shape index (κ2) is 6.62. The number of benzene rings is 2. The van der Waals surface area contributed by atoms with E-state index in [0.717, 1.165) is 12.1 Å². The van der Waals surface area contributed by atoms with Gasteiger partial charge in [-0.2, -0.15) is 0 Å². The number of hydrogen-bond donors (Lipinski definition) is 2. The van der Waals surface area contributed by atoms with Crippen molar-refractivity contribution in [1.29, 1.82) is 0 Å². The summed E-state index contributed by atoms with van der Waals surface area (Å²) >= 11 is 11.6. The van der Waals surface area contributed by atoms with Crippen LogP contribution in [-0.2, 0) is 10.0 Å². The summed E-state index contributed by atoms with van der Waals surface area (Å²) in [6, 6.07) is 8.66. The Morgan fingerprint density at radius 1 is 1.05 bits per heavy atom. The van der Waals surface area contributed by atoms with Gasteiger partial charge in [0.25, 0.3) is 15.9 Å². The van der Waals surface area contributed by atoms with Crippen molar-refractivity contribution < 1.29 is 17.6 Å². The van der Waals surface area contributed by atoms with Crippen LogP contribution in [0, 0.1) is 5.82 Å². The van der Waals surface area contributed by atoms with E-state index < -0.39 is 21.7 Å².